The monoisotopic (exact) mass is 198 g/mol. The van der Waals surface area contributed by atoms with E-state index >= 15 is 0 Å². The maximum absolute atomic E-state index is 10.9. The van der Waals surface area contributed by atoms with E-state index in [9.17, 15) is 4.79 Å². The van der Waals surface area contributed by atoms with Gasteiger partial charge in [-0.25, -0.2) is 0 Å². The summed E-state index contributed by atoms with van der Waals surface area (Å²) in [6.07, 6.45) is 4.14. The first-order valence-electron chi connectivity index (χ1n) is 4.66. The number of hydrogen-bond donors (Lipinski definition) is 0. The number of rotatable bonds is 3. The molecule has 0 bridgehead atoms. The lowest BCUT2D eigenvalue weighted by Gasteiger charge is -1.97. The van der Waals surface area contributed by atoms with Crippen LogP contribution >= 0.6 is 0 Å². The number of carbonyl (C=O) groups is 1. The van der Waals surface area contributed by atoms with Gasteiger partial charge in [0.15, 0.2) is 6.29 Å². The molecule has 0 aliphatic rings. The number of hydrogen-bond acceptors (Lipinski definition) is 2. The number of aldehydes is 1. The van der Waals surface area contributed by atoms with Crippen molar-refractivity contribution < 1.29 is 9.21 Å². The van der Waals surface area contributed by atoms with Gasteiger partial charge in [-0.3, -0.25) is 4.79 Å². The minimum atomic E-state index is 0.616. The zero-order valence-corrected chi connectivity index (χ0v) is 8.09. The SMILES string of the molecule is O=C/C(=C/c1ccco1)c1ccccc1. The molecule has 1 aromatic carbocycles. The Morgan fingerprint density at radius 1 is 1.07 bits per heavy atom. The van der Waals surface area contributed by atoms with Crippen LogP contribution in [0.5, 0.6) is 0 Å². The van der Waals surface area contributed by atoms with Gasteiger partial charge in [0.2, 0.25) is 0 Å². The van der Waals surface area contributed by atoms with E-state index in [0.29, 0.717) is 11.3 Å². The predicted molar refractivity (Wildman–Crippen MR) is 59.1 cm³/mol. The van der Waals surface area contributed by atoms with Gasteiger partial charge in [0.25, 0.3) is 0 Å². The summed E-state index contributed by atoms with van der Waals surface area (Å²) in [7, 11) is 0. The van der Waals surface area contributed by atoms with E-state index in [0.717, 1.165) is 11.8 Å². The van der Waals surface area contributed by atoms with E-state index in [2.05, 4.69) is 0 Å². The van der Waals surface area contributed by atoms with E-state index in [-0.39, 0.29) is 0 Å². The minimum absolute atomic E-state index is 0.616. The molecule has 2 nitrogen and oxygen atoms in total. The molecular formula is C13H10O2. The van der Waals surface area contributed by atoms with Gasteiger partial charge in [-0.15, -0.1) is 0 Å². The largest absolute Gasteiger partial charge is 0.465 e. The van der Waals surface area contributed by atoms with E-state index in [1.54, 1.807) is 18.4 Å². The van der Waals surface area contributed by atoms with Gasteiger partial charge >= 0.3 is 0 Å². The summed E-state index contributed by atoms with van der Waals surface area (Å²) in [5.41, 5.74) is 1.51. The molecule has 0 saturated heterocycles. The first-order chi connectivity index (χ1) is 7.40. The van der Waals surface area contributed by atoms with Gasteiger partial charge in [-0.1, -0.05) is 30.3 Å². The van der Waals surface area contributed by atoms with Crippen LogP contribution in [0, 0.1) is 0 Å². The van der Waals surface area contributed by atoms with Gasteiger partial charge in [-0.2, -0.15) is 0 Å². The van der Waals surface area contributed by atoms with Crippen LogP contribution in [0.25, 0.3) is 11.6 Å². The molecule has 0 amide bonds. The first kappa shape index (κ1) is 9.46. The second-order valence-corrected chi connectivity index (χ2v) is 3.10. The molecule has 1 aromatic heterocycles. The predicted octanol–water partition coefficient (Wildman–Crippen LogP) is 3.02. The Morgan fingerprint density at radius 2 is 1.87 bits per heavy atom. The van der Waals surface area contributed by atoms with E-state index in [1.807, 2.05) is 36.4 Å². The highest BCUT2D eigenvalue weighted by molar-refractivity contribution is 6.13. The normalized spacial score (nSPS) is 11.3. The summed E-state index contributed by atoms with van der Waals surface area (Å²) in [4.78, 5) is 10.9. The van der Waals surface area contributed by atoms with Crippen molar-refractivity contribution in [3.8, 4) is 0 Å². The Morgan fingerprint density at radius 3 is 2.47 bits per heavy atom. The van der Waals surface area contributed by atoms with E-state index in [1.165, 1.54) is 0 Å². The van der Waals surface area contributed by atoms with Gasteiger partial charge in [0.05, 0.1) is 6.26 Å². The third-order valence-electron chi connectivity index (χ3n) is 2.08. The Hall–Kier alpha value is -2.09. The number of benzene rings is 1. The van der Waals surface area contributed by atoms with Crippen LogP contribution in [0.15, 0.2) is 53.1 Å². The van der Waals surface area contributed by atoms with Crippen LogP contribution in [0.2, 0.25) is 0 Å². The molecule has 0 atom stereocenters. The van der Waals surface area contributed by atoms with Crippen molar-refractivity contribution in [2.45, 2.75) is 0 Å². The molecule has 2 aromatic rings. The number of allylic oxidation sites excluding steroid dienone is 1. The summed E-state index contributed by atoms with van der Waals surface area (Å²) in [6, 6.07) is 13.1. The van der Waals surface area contributed by atoms with Crippen LogP contribution in [-0.2, 0) is 4.79 Å². The molecule has 0 unspecified atom stereocenters. The Bertz CT molecular complexity index is 453. The molecule has 0 N–H and O–H groups in total. The smallest absolute Gasteiger partial charge is 0.150 e. The lowest BCUT2D eigenvalue weighted by atomic mass is 10.1. The fourth-order valence-corrected chi connectivity index (χ4v) is 1.34. The third-order valence-corrected chi connectivity index (χ3v) is 2.08. The average Bonchev–Trinajstić information content (AvgIpc) is 2.80. The molecule has 0 saturated carbocycles. The Kier molecular flexibility index (Phi) is 2.79. The fraction of sp³-hybridized carbons (Fsp3) is 0. The minimum Gasteiger partial charge on any atom is -0.465 e. The lowest BCUT2D eigenvalue weighted by molar-refractivity contribution is -0.103. The Balaban J connectivity index is 2.37. The molecule has 0 aliphatic heterocycles. The van der Waals surface area contributed by atoms with E-state index < -0.39 is 0 Å². The second-order valence-electron chi connectivity index (χ2n) is 3.10. The third kappa shape index (κ3) is 2.23. The number of carbonyl (C=O) groups excluding carboxylic acids is 1. The fourth-order valence-electron chi connectivity index (χ4n) is 1.34. The molecule has 2 heteroatoms. The summed E-state index contributed by atoms with van der Waals surface area (Å²) in [5, 5.41) is 0. The highest BCUT2D eigenvalue weighted by atomic mass is 16.3. The van der Waals surface area contributed by atoms with Crippen molar-refractivity contribution in [1.82, 2.24) is 0 Å². The standard InChI is InChI=1S/C13H10O2/c14-10-12(9-13-7-4-8-15-13)11-5-2-1-3-6-11/h1-10H/b12-9-. The first-order valence-corrected chi connectivity index (χ1v) is 4.66. The van der Waals surface area contributed by atoms with Gasteiger partial charge in [-0.05, 0) is 23.8 Å². The molecule has 2 rings (SSSR count). The molecule has 74 valence electrons. The molecule has 15 heavy (non-hydrogen) atoms. The van der Waals surface area contributed by atoms with E-state index in [4.69, 9.17) is 4.42 Å². The van der Waals surface area contributed by atoms with Crippen LogP contribution < -0.4 is 0 Å². The topological polar surface area (TPSA) is 30.2 Å². The maximum Gasteiger partial charge on any atom is 0.150 e. The molecule has 0 radical (unpaired) electrons. The van der Waals surface area contributed by atoms with Crippen molar-refractivity contribution in [3.63, 3.8) is 0 Å². The molecule has 0 fully saturated rings. The quantitative estimate of drug-likeness (QED) is 0.560. The zero-order valence-electron chi connectivity index (χ0n) is 8.09. The van der Waals surface area contributed by atoms with Crippen LogP contribution in [-0.4, -0.2) is 6.29 Å². The van der Waals surface area contributed by atoms with Gasteiger partial charge in [0, 0.05) is 5.57 Å². The summed E-state index contributed by atoms with van der Waals surface area (Å²) < 4.78 is 5.15. The lowest BCUT2D eigenvalue weighted by Crippen LogP contribution is -1.84. The highest BCUT2D eigenvalue weighted by Crippen LogP contribution is 2.15. The number of furan rings is 1. The highest BCUT2D eigenvalue weighted by Gasteiger charge is 2.00. The van der Waals surface area contributed by atoms with Crippen molar-refractivity contribution in [3.05, 3.63) is 60.1 Å². The molecule has 1 heterocycles. The second kappa shape index (κ2) is 4.42. The van der Waals surface area contributed by atoms with Crippen LogP contribution in [0.4, 0.5) is 0 Å². The average molecular weight is 198 g/mol. The van der Waals surface area contributed by atoms with Crippen molar-refractivity contribution in [2.24, 2.45) is 0 Å². The van der Waals surface area contributed by atoms with Crippen LogP contribution in [0.1, 0.15) is 11.3 Å². The van der Waals surface area contributed by atoms with Crippen molar-refractivity contribution in [1.29, 1.82) is 0 Å². The summed E-state index contributed by atoms with van der Waals surface area (Å²) in [5.74, 6) is 0.681. The maximum atomic E-state index is 10.9. The Labute approximate surface area is 87.8 Å². The molecule has 0 aliphatic carbocycles. The van der Waals surface area contributed by atoms with Crippen molar-refractivity contribution >= 4 is 17.9 Å². The van der Waals surface area contributed by atoms with Crippen molar-refractivity contribution in [2.75, 3.05) is 0 Å². The van der Waals surface area contributed by atoms with Crippen LogP contribution in [0.3, 0.4) is 0 Å². The summed E-state index contributed by atoms with van der Waals surface area (Å²) in [6.45, 7) is 0. The van der Waals surface area contributed by atoms with Gasteiger partial charge < -0.3 is 4.42 Å². The summed E-state index contributed by atoms with van der Waals surface area (Å²) >= 11 is 0. The molecular weight excluding hydrogens is 188 g/mol. The van der Waals surface area contributed by atoms with Gasteiger partial charge in [0.1, 0.15) is 5.76 Å². The molecule has 0 spiro atoms. The zero-order chi connectivity index (χ0) is 10.5.